The molecule has 0 saturated carbocycles. The predicted octanol–water partition coefficient (Wildman–Crippen LogP) is 2.01. The summed E-state index contributed by atoms with van der Waals surface area (Å²) in [5.74, 6) is 1.16. The summed E-state index contributed by atoms with van der Waals surface area (Å²) >= 11 is 0. The molecule has 16 heavy (non-hydrogen) atoms. The molecule has 0 bridgehead atoms. The van der Waals surface area contributed by atoms with Gasteiger partial charge in [0, 0.05) is 12.6 Å². The van der Waals surface area contributed by atoms with E-state index >= 15 is 0 Å². The number of amides is 1. The average molecular weight is 226 g/mol. The molecule has 3 nitrogen and oxygen atoms in total. The molecule has 1 amide bonds. The Labute approximate surface area is 99.4 Å². The standard InChI is InChI=1S/C13H26N2O/c1-5-10(3)12(14)13(16)15-7-6-9(2)8-11(15)4/h9-12H,5-8,14H2,1-4H3/t9?,10?,11?,12-/m0/s1. The third kappa shape index (κ3) is 2.97. The predicted molar refractivity (Wildman–Crippen MR) is 67.0 cm³/mol. The highest BCUT2D eigenvalue weighted by atomic mass is 16.2. The van der Waals surface area contributed by atoms with E-state index in [-0.39, 0.29) is 17.9 Å². The third-order valence-corrected chi connectivity index (χ3v) is 3.96. The largest absolute Gasteiger partial charge is 0.339 e. The molecule has 1 rings (SSSR count). The first-order valence-electron chi connectivity index (χ1n) is 6.53. The fourth-order valence-electron chi connectivity index (χ4n) is 2.42. The number of likely N-dealkylation sites (tertiary alicyclic amines) is 1. The van der Waals surface area contributed by atoms with Crippen molar-refractivity contribution in [3.63, 3.8) is 0 Å². The zero-order valence-electron chi connectivity index (χ0n) is 11.1. The van der Waals surface area contributed by atoms with Crippen LogP contribution in [0.4, 0.5) is 0 Å². The van der Waals surface area contributed by atoms with E-state index in [1.807, 2.05) is 4.90 Å². The van der Waals surface area contributed by atoms with Crippen molar-refractivity contribution < 1.29 is 4.79 Å². The Morgan fingerprint density at radius 3 is 2.62 bits per heavy atom. The minimum absolute atomic E-state index is 0.147. The van der Waals surface area contributed by atoms with Gasteiger partial charge in [-0.2, -0.15) is 0 Å². The first kappa shape index (κ1) is 13.5. The van der Waals surface area contributed by atoms with E-state index < -0.39 is 0 Å². The van der Waals surface area contributed by atoms with Crippen LogP contribution in [-0.2, 0) is 4.79 Å². The lowest BCUT2D eigenvalue weighted by molar-refractivity contribution is -0.137. The lowest BCUT2D eigenvalue weighted by Crippen LogP contribution is -2.52. The van der Waals surface area contributed by atoms with Crippen LogP contribution in [0.3, 0.4) is 0 Å². The Bertz CT molecular complexity index is 242. The molecule has 1 heterocycles. The van der Waals surface area contributed by atoms with Gasteiger partial charge in [0.05, 0.1) is 6.04 Å². The van der Waals surface area contributed by atoms with Crippen LogP contribution in [0.1, 0.15) is 47.0 Å². The summed E-state index contributed by atoms with van der Waals surface area (Å²) in [4.78, 5) is 14.2. The van der Waals surface area contributed by atoms with E-state index in [0.29, 0.717) is 6.04 Å². The highest BCUT2D eigenvalue weighted by Crippen LogP contribution is 2.23. The van der Waals surface area contributed by atoms with E-state index in [1.54, 1.807) is 0 Å². The molecular formula is C13H26N2O. The second kappa shape index (κ2) is 5.67. The van der Waals surface area contributed by atoms with Gasteiger partial charge >= 0.3 is 0 Å². The molecule has 0 aromatic heterocycles. The van der Waals surface area contributed by atoms with Crippen LogP contribution in [0.2, 0.25) is 0 Å². The number of rotatable bonds is 3. The van der Waals surface area contributed by atoms with Gasteiger partial charge in [-0.25, -0.2) is 0 Å². The maximum atomic E-state index is 12.2. The number of carbonyl (C=O) groups excluding carboxylic acids is 1. The number of nitrogens with two attached hydrogens (primary N) is 1. The number of piperidine rings is 1. The van der Waals surface area contributed by atoms with Crippen LogP contribution in [0.5, 0.6) is 0 Å². The van der Waals surface area contributed by atoms with Crippen molar-refractivity contribution in [1.29, 1.82) is 0 Å². The molecule has 1 saturated heterocycles. The molecule has 0 aromatic carbocycles. The zero-order valence-corrected chi connectivity index (χ0v) is 11.1. The van der Waals surface area contributed by atoms with Crippen LogP contribution >= 0.6 is 0 Å². The molecule has 3 heteroatoms. The summed E-state index contributed by atoms with van der Waals surface area (Å²) in [6.45, 7) is 9.41. The van der Waals surface area contributed by atoms with Crippen LogP contribution in [0.15, 0.2) is 0 Å². The topological polar surface area (TPSA) is 46.3 Å². The molecule has 0 aromatic rings. The summed E-state index contributed by atoms with van der Waals surface area (Å²) in [7, 11) is 0. The smallest absolute Gasteiger partial charge is 0.239 e. The minimum atomic E-state index is -0.319. The Kier molecular flexibility index (Phi) is 4.78. The maximum Gasteiger partial charge on any atom is 0.239 e. The number of hydrogen-bond donors (Lipinski definition) is 1. The Morgan fingerprint density at radius 1 is 1.50 bits per heavy atom. The molecule has 94 valence electrons. The van der Waals surface area contributed by atoms with Gasteiger partial charge in [0.2, 0.25) is 5.91 Å². The summed E-state index contributed by atoms with van der Waals surface area (Å²) in [5.41, 5.74) is 6.01. The van der Waals surface area contributed by atoms with Crippen LogP contribution in [0, 0.1) is 11.8 Å². The van der Waals surface area contributed by atoms with Crippen LogP contribution in [0.25, 0.3) is 0 Å². The Balaban J connectivity index is 2.59. The fourth-order valence-corrected chi connectivity index (χ4v) is 2.42. The summed E-state index contributed by atoms with van der Waals surface area (Å²) in [6.07, 6.45) is 3.19. The SMILES string of the molecule is CCC(C)[C@H](N)C(=O)N1CCC(C)CC1C. The molecule has 2 N–H and O–H groups in total. The zero-order chi connectivity index (χ0) is 12.3. The molecule has 0 spiro atoms. The van der Waals surface area contributed by atoms with Crippen molar-refractivity contribution in [3.8, 4) is 0 Å². The van der Waals surface area contributed by atoms with Crippen molar-refractivity contribution in [2.24, 2.45) is 17.6 Å². The van der Waals surface area contributed by atoms with Crippen molar-refractivity contribution >= 4 is 5.91 Å². The van der Waals surface area contributed by atoms with Gasteiger partial charge in [-0.05, 0) is 31.6 Å². The van der Waals surface area contributed by atoms with E-state index in [1.165, 1.54) is 0 Å². The molecule has 0 aliphatic carbocycles. The second-order valence-corrected chi connectivity index (χ2v) is 5.42. The highest BCUT2D eigenvalue weighted by molar-refractivity contribution is 5.82. The van der Waals surface area contributed by atoms with Gasteiger partial charge in [0.1, 0.15) is 0 Å². The summed E-state index contributed by atoms with van der Waals surface area (Å²) in [5, 5.41) is 0. The monoisotopic (exact) mass is 226 g/mol. The van der Waals surface area contributed by atoms with Gasteiger partial charge in [-0.3, -0.25) is 4.79 Å². The first-order chi connectivity index (χ1) is 7.47. The van der Waals surface area contributed by atoms with E-state index in [9.17, 15) is 4.79 Å². The van der Waals surface area contributed by atoms with Gasteiger partial charge in [-0.15, -0.1) is 0 Å². The van der Waals surface area contributed by atoms with Gasteiger partial charge in [0.15, 0.2) is 0 Å². The fraction of sp³-hybridized carbons (Fsp3) is 0.923. The molecule has 1 aliphatic heterocycles. The summed E-state index contributed by atoms with van der Waals surface area (Å²) in [6, 6.07) is 0.0345. The number of hydrogen-bond acceptors (Lipinski definition) is 2. The number of nitrogens with zero attached hydrogens (tertiary/aromatic N) is 1. The molecule has 3 unspecified atom stereocenters. The van der Waals surface area contributed by atoms with Gasteiger partial charge in [0.25, 0.3) is 0 Å². The van der Waals surface area contributed by atoms with Crippen molar-refractivity contribution in [1.82, 2.24) is 4.90 Å². The van der Waals surface area contributed by atoms with Crippen molar-refractivity contribution in [2.75, 3.05) is 6.54 Å². The molecular weight excluding hydrogens is 200 g/mol. The molecule has 1 fully saturated rings. The van der Waals surface area contributed by atoms with Gasteiger partial charge in [-0.1, -0.05) is 27.2 Å². The van der Waals surface area contributed by atoms with E-state index in [4.69, 9.17) is 5.73 Å². The summed E-state index contributed by atoms with van der Waals surface area (Å²) < 4.78 is 0. The lowest BCUT2D eigenvalue weighted by atomic mass is 9.91. The molecule has 4 atom stereocenters. The third-order valence-electron chi connectivity index (χ3n) is 3.96. The Hall–Kier alpha value is -0.570. The second-order valence-electron chi connectivity index (χ2n) is 5.42. The van der Waals surface area contributed by atoms with Crippen LogP contribution < -0.4 is 5.73 Å². The van der Waals surface area contributed by atoms with Crippen molar-refractivity contribution in [2.45, 2.75) is 59.0 Å². The molecule has 1 aliphatic rings. The quantitative estimate of drug-likeness (QED) is 0.800. The van der Waals surface area contributed by atoms with E-state index in [2.05, 4.69) is 27.7 Å². The van der Waals surface area contributed by atoms with Gasteiger partial charge < -0.3 is 10.6 Å². The first-order valence-corrected chi connectivity index (χ1v) is 6.53. The van der Waals surface area contributed by atoms with Crippen molar-refractivity contribution in [3.05, 3.63) is 0 Å². The maximum absolute atomic E-state index is 12.2. The van der Waals surface area contributed by atoms with E-state index in [0.717, 1.165) is 31.7 Å². The Morgan fingerprint density at radius 2 is 2.12 bits per heavy atom. The normalized spacial score (nSPS) is 29.9. The lowest BCUT2D eigenvalue weighted by Gasteiger charge is -2.38. The average Bonchev–Trinajstić information content (AvgIpc) is 2.26. The highest BCUT2D eigenvalue weighted by Gasteiger charge is 2.31. The molecule has 0 radical (unpaired) electrons. The minimum Gasteiger partial charge on any atom is -0.339 e. The number of carbonyl (C=O) groups is 1. The van der Waals surface area contributed by atoms with Crippen LogP contribution in [-0.4, -0.2) is 29.4 Å².